The Morgan fingerprint density at radius 2 is 1.97 bits per heavy atom. The van der Waals surface area contributed by atoms with E-state index in [1.807, 2.05) is 6.07 Å². The Bertz CT molecular complexity index is 1310. The van der Waals surface area contributed by atoms with E-state index in [0.29, 0.717) is 23.1 Å². The molecule has 0 bridgehead atoms. The Morgan fingerprint density at radius 1 is 1.25 bits per heavy atom. The topological polar surface area (TPSA) is 101 Å². The van der Waals surface area contributed by atoms with Crippen LogP contribution in [0.5, 0.6) is 0 Å². The lowest BCUT2D eigenvalue weighted by atomic mass is 9.74. The summed E-state index contributed by atoms with van der Waals surface area (Å²) in [5.41, 5.74) is 1.47. The van der Waals surface area contributed by atoms with E-state index in [0.717, 1.165) is 25.3 Å². The zero-order chi connectivity index (χ0) is 23.4. The van der Waals surface area contributed by atoms with E-state index < -0.39 is 39.8 Å². The van der Waals surface area contributed by atoms with Crippen molar-refractivity contribution in [1.82, 2.24) is 0 Å². The highest BCUT2D eigenvalue weighted by Crippen LogP contribution is 2.47. The van der Waals surface area contributed by atoms with E-state index in [1.54, 1.807) is 6.07 Å². The monoisotopic (exact) mass is 459 g/mol. The first kappa shape index (κ1) is 22.1. The van der Waals surface area contributed by atoms with E-state index in [-0.39, 0.29) is 40.2 Å². The van der Waals surface area contributed by atoms with Gasteiger partial charge in [-0.2, -0.15) is 5.26 Å². The molecule has 0 heterocycles. The molecule has 2 aromatic rings. The van der Waals surface area contributed by atoms with Crippen molar-refractivity contribution in [3.05, 3.63) is 63.5 Å². The van der Waals surface area contributed by atoms with Crippen molar-refractivity contribution >= 4 is 21.6 Å². The van der Waals surface area contributed by atoms with Crippen LogP contribution in [0, 0.1) is 17.1 Å². The van der Waals surface area contributed by atoms with Gasteiger partial charge in [0.2, 0.25) is 0 Å². The summed E-state index contributed by atoms with van der Waals surface area (Å²) >= 11 is 0. The number of alkyl halides is 1. The number of carbonyl (C=O) groups excluding carboxylic acids is 2. The van der Waals surface area contributed by atoms with Gasteiger partial charge < -0.3 is 4.74 Å². The lowest BCUT2D eigenvalue weighted by Crippen LogP contribution is -2.20. The second-order valence-corrected chi connectivity index (χ2v) is 10.1. The number of ketones is 1. The highest BCUT2D eigenvalue weighted by atomic mass is 32.2. The third kappa shape index (κ3) is 3.58. The lowest BCUT2D eigenvalue weighted by molar-refractivity contribution is -0.149. The van der Waals surface area contributed by atoms with Gasteiger partial charge in [0.1, 0.15) is 12.0 Å². The highest BCUT2D eigenvalue weighted by molar-refractivity contribution is 7.90. The summed E-state index contributed by atoms with van der Waals surface area (Å²) in [5, 5.41) is 9.57. The molecule has 0 radical (unpaired) electrons. The predicted molar refractivity (Wildman–Crippen MR) is 109 cm³/mol. The van der Waals surface area contributed by atoms with Gasteiger partial charge in [-0.1, -0.05) is 6.07 Å². The van der Waals surface area contributed by atoms with Crippen molar-refractivity contribution in [1.29, 1.82) is 5.26 Å². The SMILES string of the molecule is CC(=O)O[C@H]1c2c(S(C)(=O)=O)ccc([C@H]3CCC(=O)c4cc(F)cc(C#N)c43)c2C[C@H]1F. The Hall–Kier alpha value is -3.12. The largest absolute Gasteiger partial charge is 0.454 e. The molecule has 32 heavy (non-hydrogen) atoms. The molecule has 0 amide bonds. The van der Waals surface area contributed by atoms with Crippen molar-refractivity contribution < 1.29 is 31.5 Å². The van der Waals surface area contributed by atoms with Gasteiger partial charge in [0.15, 0.2) is 21.7 Å². The lowest BCUT2D eigenvalue weighted by Gasteiger charge is -2.28. The molecule has 4 rings (SSSR count). The zero-order valence-corrected chi connectivity index (χ0v) is 18.1. The maximum atomic E-state index is 15.0. The maximum absolute atomic E-state index is 15.0. The number of Topliss-reactive ketones (excluding diaryl/α,β-unsaturated/α-hetero) is 1. The second-order valence-electron chi connectivity index (χ2n) is 8.11. The van der Waals surface area contributed by atoms with Crippen molar-refractivity contribution in [3.63, 3.8) is 0 Å². The molecule has 3 atom stereocenters. The normalized spacial score (nSPS) is 22.1. The molecule has 0 saturated heterocycles. The third-order valence-electron chi connectivity index (χ3n) is 6.01. The van der Waals surface area contributed by atoms with Gasteiger partial charge in [0, 0.05) is 43.1 Å². The van der Waals surface area contributed by atoms with Crippen LogP contribution in [-0.4, -0.2) is 32.6 Å². The molecule has 6 nitrogen and oxygen atoms in total. The number of benzene rings is 2. The molecule has 0 aromatic heterocycles. The van der Waals surface area contributed by atoms with E-state index in [4.69, 9.17) is 4.74 Å². The molecule has 2 aliphatic rings. The van der Waals surface area contributed by atoms with Crippen LogP contribution >= 0.6 is 0 Å². The standard InChI is InChI=1S/C23H19F2NO5S/c1-11(27)31-23-18(25)9-16-14(4-6-20(22(16)23)32(2,29)30)15-3-5-19(28)17-8-13(24)7-12(10-26)21(15)17/h4,6-8,15,18,23H,3,5,9H2,1-2H3/t15-,18-,23-/m1/s1. The number of carbonyl (C=O) groups is 2. The summed E-state index contributed by atoms with van der Waals surface area (Å²) in [6.45, 7) is 1.12. The van der Waals surface area contributed by atoms with Crippen molar-refractivity contribution in [2.45, 2.75) is 49.3 Å². The first-order chi connectivity index (χ1) is 15.0. The van der Waals surface area contributed by atoms with Gasteiger partial charge >= 0.3 is 5.97 Å². The Labute approximate surface area is 183 Å². The van der Waals surface area contributed by atoms with Crippen LogP contribution in [0.2, 0.25) is 0 Å². The molecule has 9 heteroatoms. The van der Waals surface area contributed by atoms with E-state index in [9.17, 15) is 32.0 Å². The fraction of sp³-hybridized carbons (Fsp3) is 0.348. The Kier molecular flexibility index (Phi) is 5.37. The number of rotatable bonds is 3. The molecule has 0 saturated carbocycles. The number of hydrogen-bond acceptors (Lipinski definition) is 6. The zero-order valence-electron chi connectivity index (χ0n) is 17.3. The van der Waals surface area contributed by atoms with Crippen LogP contribution in [0.4, 0.5) is 8.78 Å². The number of nitrogens with zero attached hydrogens (tertiary/aromatic N) is 1. The summed E-state index contributed by atoms with van der Waals surface area (Å²) in [6, 6.07) is 6.96. The van der Waals surface area contributed by atoms with Gasteiger partial charge in [-0.05, 0) is 41.3 Å². The van der Waals surface area contributed by atoms with Crippen LogP contribution in [0.25, 0.3) is 0 Å². The molecule has 2 aliphatic carbocycles. The predicted octanol–water partition coefficient (Wildman–Crippen LogP) is 3.71. The Morgan fingerprint density at radius 3 is 2.59 bits per heavy atom. The number of esters is 1. The minimum atomic E-state index is -3.77. The van der Waals surface area contributed by atoms with Gasteiger partial charge in [-0.25, -0.2) is 17.2 Å². The molecular weight excluding hydrogens is 440 g/mol. The second kappa shape index (κ2) is 7.78. The van der Waals surface area contributed by atoms with Gasteiger partial charge in [0.25, 0.3) is 0 Å². The molecular formula is C23H19F2NO5S. The van der Waals surface area contributed by atoms with Gasteiger partial charge in [0.05, 0.1) is 16.5 Å². The van der Waals surface area contributed by atoms with Crippen LogP contribution in [0.15, 0.2) is 29.2 Å². The number of nitriles is 1. The number of sulfone groups is 1. The van der Waals surface area contributed by atoms with Crippen LogP contribution in [0.3, 0.4) is 0 Å². The summed E-state index contributed by atoms with van der Waals surface area (Å²) in [5.74, 6) is -2.28. The van der Waals surface area contributed by atoms with Crippen LogP contribution in [0.1, 0.15) is 70.0 Å². The summed E-state index contributed by atoms with van der Waals surface area (Å²) in [7, 11) is -3.77. The van der Waals surface area contributed by atoms with E-state index in [2.05, 4.69) is 0 Å². The summed E-state index contributed by atoms with van der Waals surface area (Å²) in [4.78, 5) is 23.9. The number of ether oxygens (including phenoxy) is 1. The van der Waals surface area contributed by atoms with Crippen molar-refractivity contribution in [2.24, 2.45) is 0 Å². The molecule has 2 aromatic carbocycles. The molecule has 0 aliphatic heterocycles. The fourth-order valence-corrected chi connectivity index (χ4v) is 5.78. The quantitative estimate of drug-likeness (QED) is 0.649. The Balaban J connectivity index is 1.98. The minimum absolute atomic E-state index is 0.00493. The first-order valence-corrected chi connectivity index (χ1v) is 11.9. The molecule has 0 unspecified atom stereocenters. The summed E-state index contributed by atoms with van der Waals surface area (Å²) in [6.07, 6.45) is -1.82. The highest BCUT2D eigenvalue weighted by Gasteiger charge is 2.42. The smallest absolute Gasteiger partial charge is 0.303 e. The summed E-state index contributed by atoms with van der Waals surface area (Å²) < 4.78 is 58.9. The van der Waals surface area contributed by atoms with Crippen molar-refractivity contribution in [3.8, 4) is 6.07 Å². The molecule has 0 N–H and O–H groups in total. The van der Waals surface area contributed by atoms with Crippen LogP contribution < -0.4 is 0 Å². The van der Waals surface area contributed by atoms with E-state index in [1.165, 1.54) is 6.07 Å². The molecule has 0 spiro atoms. The van der Waals surface area contributed by atoms with E-state index >= 15 is 0 Å². The van der Waals surface area contributed by atoms with Gasteiger partial charge in [-0.15, -0.1) is 0 Å². The van der Waals surface area contributed by atoms with Crippen LogP contribution in [-0.2, 0) is 25.8 Å². The maximum Gasteiger partial charge on any atom is 0.303 e. The average Bonchev–Trinajstić information content (AvgIpc) is 3.02. The molecule has 166 valence electrons. The number of halogens is 2. The number of fused-ring (bicyclic) bond motifs is 2. The number of hydrogen-bond donors (Lipinski definition) is 0. The molecule has 0 fully saturated rings. The average molecular weight is 459 g/mol. The van der Waals surface area contributed by atoms with Gasteiger partial charge in [-0.3, -0.25) is 9.59 Å². The third-order valence-corrected chi connectivity index (χ3v) is 7.16. The first-order valence-electron chi connectivity index (χ1n) is 9.96. The van der Waals surface area contributed by atoms with Crippen molar-refractivity contribution in [2.75, 3.05) is 6.26 Å². The minimum Gasteiger partial charge on any atom is -0.454 e. The fourth-order valence-electron chi connectivity index (χ4n) is 4.83.